The Morgan fingerprint density at radius 1 is 1.27 bits per heavy atom. The SMILES string of the molecule is CN(C)c1ccc2nc(C=O)cnc2c1. The molecule has 1 aromatic heterocycles. The largest absolute Gasteiger partial charge is 0.378 e. The number of rotatable bonds is 2. The van der Waals surface area contributed by atoms with Crippen molar-refractivity contribution in [3.63, 3.8) is 0 Å². The second kappa shape index (κ2) is 3.65. The van der Waals surface area contributed by atoms with Crippen LogP contribution in [0.4, 0.5) is 5.69 Å². The Morgan fingerprint density at radius 2 is 2.07 bits per heavy atom. The summed E-state index contributed by atoms with van der Waals surface area (Å²) in [5.41, 5.74) is 2.97. The molecule has 0 saturated heterocycles. The zero-order valence-corrected chi connectivity index (χ0v) is 8.64. The molecule has 15 heavy (non-hydrogen) atoms. The summed E-state index contributed by atoms with van der Waals surface area (Å²) in [6.45, 7) is 0. The fraction of sp³-hybridized carbons (Fsp3) is 0.182. The summed E-state index contributed by atoms with van der Waals surface area (Å²) in [6, 6.07) is 5.76. The van der Waals surface area contributed by atoms with Crippen molar-refractivity contribution in [3.8, 4) is 0 Å². The molecule has 0 atom stereocenters. The summed E-state index contributed by atoms with van der Waals surface area (Å²) in [4.78, 5) is 20.8. The number of hydrogen-bond acceptors (Lipinski definition) is 4. The summed E-state index contributed by atoms with van der Waals surface area (Å²) in [6.07, 6.45) is 2.18. The van der Waals surface area contributed by atoms with E-state index in [9.17, 15) is 4.79 Å². The number of anilines is 1. The lowest BCUT2D eigenvalue weighted by atomic mass is 10.2. The number of carbonyl (C=O) groups excluding carboxylic acids is 1. The summed E-state index contributed by atoms with van der Waals surface area (Å²) in [5.74, 6) is 0. The third-order valence-electron chi connectivity index (χ3n) is 2.18. The highest BCUT2D eigenvalue weighted by Crippen LogP contribution is 2.17. The second-order valence-electron chi connectivity index (χ2n) is 3.48. The molecular weight excluding hydrogens is 190 g/mol. The van der Waals surface area contributed by atoms with Crippen LogP contribution in [0.15, 0.2) is 24.4 Å². The number of carbonyl (C=O) groups is 1. The van der Waals surface area contributed by atoms with Gasteiger partial charge in [0.05, 0.1) is 17.2 Å². The van der Waals surface area contributed by atoms with Gasteiger partial charge in [0.1, 0.15) is 5.69 Å². The van der Waals surface area contributed by atoms with Crippen molar-refractivity contribution >= 4 is 23.0 Å². The van der Waals surface area contributed by atoms with Gasteiger partial charge in [-0.2, -0.15) is 0 Å². The molecule has 2 rings (SSSR count). The number of nitrogens with zero attached hydrogens (tertiary/aromatic N) is 3. The van der Waals surface area contributed by atoms with Gasteiger partial charge in [0.15, 0.2) is 6.29 Å². The van der Waals surface area contributed by atoms with E-state index >= 15 is 0 Å². The lowest BCUT2D eigenvalue weighted by Crippen LogP contribution is -2.08. The average molecular weight is 201 g/mol. The van der Waals surface area contributed by atoms with Crippen LogP contribution in [0.3, 0.4) is 0 Å². The van der Waals surface area contributed by atoms with E-state index in [0.29, 0.717) is 12.0 Å². The van der Waals surface area contributed by atoms with E-state index in [1.165, 1.54) is 6.20 Å². The van der Waals surface area contributed by atoms with Crippen molar-refractivity contribution in [1.29, 1.82) is 0 Å². The number of benzene rings is 1. The first-order valence-electron chi connectivity index (χ1n) is 4.60. The standard InChI is InChI=1S/C11H11N3O/c1-14(2)9-3-4-10-11(5-9)12-6-8(7-15)13-10/h3-7H,1-2H3. The molecule has 0 spiro atoms. The van der Waals surface area contributed by atoms with Gasteiger partial charge >= 0.3 is 0 Å². The van der Waals surface area contributed by atoms with Gasteiger partial charge in [0.2, 0.25) is 0 Å². The minimum atomic E-state index is 0.361. The molecule has 1 aromatic carbocycles. The predicted octanol–water partition coefficient (Wildman–Crippen LogP) is 1.51. The van der Waals surface area contributed by atoms with Crippen LogP contribution >= 0.6 is 0 Å². The topological polar surface area (TPSA) is 46.1 Å². The zero-order chi connectivity index (χ0) is 10.8. The Morgan fingerprint density at radius 3 is 2.73 bits per heavy atom. The van der Waals surface area contributed by atoms with Crippen LogP contribution in [0.1, 0.15) is 10.5 Å². The molecule has 1 heterocycles. The van der Waals surface area contributed by atoms with Gasteiger partial charge in [-0.3, -0.25) is 9.78 Å². The monoisotopic (exact) mass is 201 g/mol. The molecule has 0 unspecified atom stereocenters. The Labute approximate surface area is 87.6 Å². The summed E-state index contributed by atoms with van der Waals surface area (Å²) in [5, 5.41) is 0. The average Bonchev–Trinajstić information content (AvgIpc) is 2.27. The fourth-order valence-electron chi connectivity index (χ4n) is 1.35. The first-order valence-corrected chi connectivity index (χ1v) is 4.60. The van der Waals surface area contributed by atoms with Gasteiger partial charge in [-0.05, 0) is 18.2 Å². The molecule has 0 bridgehead atoms. The Hall–Kier alpha value is -1.97. The van der Waals surface area contributed by atoms with Crippen molar-refractivity contribution in [3.05, 3.63) is 30.1 Å². The van der Waals surface area contributed by atoms with Gasteiger partial charge < -0.3 is 4.90 Å². The van der Waals surface area contributed by atoms with E-state index in [-0.39, 0.29) is 0 Å². The minimum Gasteiger partial charge on any atom is -0.378 e. The smallest absolute Gasteiger partial charge is 0.170 e. The van der Waals surface area contributed by atoms with Crippen LogP contribution in [-0.4, -0.2) is 30.3 Å². The van der Waals surface area contributed by atoms with E-state index in [1.54, 1.807) is 0 Å². The molecule has 2 aromatic rings. The molecular formula is C11H11N3O. The molecule has 0 radical (unpaired) electrons. The summed E-state index contributed by atoms with van der Waals surface area (Å²) < 4.78 is 0. The van der Waals surface area contributed by atoms with E-state index in [1.807, 2.05) is 37.2 Å². The molecule has 0 saturated carbocycles. The van der Waals surface area contributed by atoms with Crippen LogP contribution in [0.25, 0.3) is 11.0 Å². The maximum Gasteiger partial charge on any atom is 0.170 e. The Kier molecular flexibility index (Phi) is 2.33. The maximum absolute atomic E-state index is 10.5. The highest BCUT2D eigenvalue weighted by atomic mass is 16.1. The number of hydrogen-bond donors (Lipinski definition) is 0. The zero-order valence-electron chi connectivity index (χ0n) is 8.64. The quantitative estimate of drug-likeness (QED) is 0.691. The molecule has 0 aliphatic rings. The molecule has 0 amide bonds. The van der Waals surface area contributed by atoms with Gasteiger partial charge in [-0.15, -0.1) is 0 Å². The second-order valence-corrected chi connectivity index (χ2v) is 3.48. The van der Waals surface area contributed by atoms with Crippen LogP contribution in [0, 0.1) is 0 Å². The van der Waals surface area contributed by atoms with Crippen molar-refractivity contribution in [2.24, 2.45) is 0 Å². The molecule has 4 heteroatoms. The van der Waals surface area contributed by atoms with Gasteiger partial charge in [0, 0.05) is 19.8 Å². The van der Waals surface area contributed by atoms with Crippen LogP contribution in [-0.2, 0) is 0 Å². The normalized spacial score (nSPS) is 10.3. The van der Waals surface area contributed by atoms with Gasteiger partial charge in [0.25, 0.3) is 0 Å². The first kappa shape index (κ1) is 9.58. The van der Waals surface area contributed by atoms with Crippen molar-refractivity contribution in [1.82, 2.24) is 9.97 Å². The van der Waals surface area contributed by atoms with E-state index in [2.05, 4.69) is 9.97 Å². The number of fused-ring (bicyclic) bond motifs is 1. The molecule has 0 aliphatic heterocycles. The molecule has 4 nitrogen and oxygen atoms in total. The van der Waals surface area contributed by atoms with Gasteiger partial charge in [-0.1, -0.05) is 0 Å². The Balaban J connectivity index is 2.59. The minimum absolute atomic E-state index is 0.361. The van der Waals surface area contributed by atoms with E-state index < -0.39 is 0 Å². The molecule has 0 N–H and O–H groups in total. The molecule has 0 fully saturated rings. The van der Waals surface area contributed by atoms with Crippen molar-refractivity contribution in [2.75, 3.05) is 19.0 Å². The van der Waals surface area contributed by atoms with Crippen molar-refractivity contribution in [2.45, 2.75) is 0 Å². The summed E-state index contributed by atoms with van der Waals surface area (Å²) in [7, 11) is 3.93. The third kappa shape index (κ3) is 1.79. The molecule has 0 aliphatic carbocycles. The van der Waals surface area contributed by atoms with Crippen LogP contribution in [0.2, 0.25) is 0 Å². The highest BCUT2D eigenvalue weighted by molar-refractivity contribution is 5.82. The first-order chi connectivity index (χ1) is 7.20. The lowest BCUT2D eigenvalue weighted by Gasteiger charge is -2.12. The lowest BCUT2D eigenvalue weighted by molar-refractivity contribution is 0.111. The summed E-state index contributed by atoms with van der Waals surface area (Å²) >= 11 is 0. The number of aldehydes is 1. The maximum atomic E-state index is 10.5. The third-order valence-corrected chi connectivity index (χ3v) is 2.18. The van der Waals surface area contributed by atoms with Crippen LogP contribution in [0.5, 0.6) is 0 Å². The van der Waals surface area contributed by atoms with Crippen LogP contribution < -0.4 is 4.90 Å². The van der Waals surface area contributed by atoms with Crippen molar-refractivity contribution < 1.29 is 4.79 Å². The Bertz CT molecular complexity index is 508. The van der Waals surface area contributed by atoms with E-state index in [0.717, 1.165) is 16.7 Å². The fourth-order valence-corrected chi connectivity index (χ4v) is 1.35. The van der Waals surface area contributed by atoms with Gasteiger partial charge in [-0.25, -0.2) is 4.98 Å². The van der Waals surface area contributed by atoms with E-state index in [4.69, 9.17) is 0 Å². The molecule has 76 valence electrons. The highest BCUT2D eigenvalue weighted by Gasteiger charge is 2.01. The number of aromatic nitrogens is 2. The predicted molar refractivity (Wildman–Crippen MR) is 59.3 cm³/mol.